The van der Waals surface area contributed by atoms with Crippen LogP contribution in [-0.2, 0) is 4.79 Å². The number of carbonyl (C=O) groups is 1. The molecule has 2 atom stereocenters. The quantitative estimate of drug-likeness (QED) is 0.875. The van der Waals surface area contributed by atoms with E-state index in [0.717, 1.165) is 37.8 Å². The molecule has 0 bridgehead atoms. The molecule has 2 N–H and O–H groups in total. The molecule has 0 radical (unpaired) electrons. The van der Waals surface area contributed by atoms with E-state index in [1.54, 1.807) is 12.1 Å². The van der Waals surface area contributed by atoms with Crippen molar-refractivity contribution in [2.75, 3.05) is 19.7 Å². The summed E-state index contributed by atoms with van der Waals surface area (Å²) < 4.78 is 13.2. The van der Waals surface area contributed by atoms with E-state index in [0.29, 0.717) is 12.6 Å². The van der Waals surface area contributed by atoms with Crippen molar-refractivity contribution in [2.24, 2.45) is 5.41 Å². The van der Waals surface area contributed by atoms with Gasteiger partial charge in [-0.2, -0.15) is 0 Å². The first-order valence-electron chi connectivity index (χ1n) is 8.41. The lowest BCUT2D eigenvalue weighted by Crippen LogP contribution is -2.49. The zero-order valence-electron chi connectivity index (χ0n) is 13.6. The van der Waals surface area contributed by atoms with Crippen LogP contribution in [0.1, 0.15) is 44.2 Å². The van der Waals surface area contributed by atoms with Crippen molar-refractivity contribution in [1.82, 2.24) is 10.2 Å². The molecule has 1 aliphatic heterocycles. The Hall–Kier alpha value is -1.46. The monoisotopic (exact) mass is 320 g/mol. The second-order valence-electron chi connectivity index (χ2n) is 7.28. The van der Waals surface area contributed by atoms with Crippen LogP contribution in [0.15, 0.2) is 24.3 Å². The van der Waals surface area contributed by atoms with E-state index in [1.807, 2.05) is 0 Å². The maximum Gasteiger partial charge on any atom is 0.242 e. The number of hydrogen-bond donors (Lipinski definition) is 2. The molecule has 2 unspecified atom stereocenters. The molecule has 1 heterocycles. The van der Waals surface area contributed by atoms with Crippen molar-refractivity contribution >= 4 is 5.91 Å². The van der Waals surface area contributed by atoms with Crippen LogP contribution in [0.4, 0.5) is 4.39 Å². The van der Waals surface area contributed by atoms with E-state index >= 15 is 0 Å². The third-order valence-electron chi connectivity index (χ3n) is 4.92. The molecule has 2 fully saturated rings. The Labute approximate surface area is 136 Å². The Morgan fingerprint density at radius 1 is 1.43 bits per heavy atom. The summed E-state index contributed by atoms with van der Waals surface area (Å²) in [5.74, 6) is -0.310. The van der Waals surface area contributed by atoms with Gasteiger partial charge in [0.05, 0.1) is 0 Å². The van der Waals surface area contributed by atoms with Gasteiger partial charge in [0.15, 0.2) is 0 Å². The Morgan fingerprint density at radius 3 is 2.74 bits per heavy atom. The number of halogens is 1. The minimum absolute atomic E-state index is 0.0127. The fourth-order valence-corrected chi connectivity index (χ4v) is 3.39. The Kier molecular flexibility index (Phi) is 4.69. The summed E-state index contributed by atoms with van der Waals surface area (Å²) in [6.45, 7) is 3.66. The minimum atomic E-state index is -0.414. The highest BCUT2D eigenvalue weighted by Crippen LogP contribution is 2.34. The Bertz CT molecular complexity index is 559. The Morgan fingerprint density at radius 2 is 2.13 bits per heavy atom. The smallest absolute Gasteiger partial charge is 0.242 e. The van der Waals surface area contributed by atoms with Crippen LogP contribution in [0.3, 0.4) is 0 Å². The molecule has 3 rings (SSSR count). The maximum atomic E-state index is 13.2. The average Bonchev–Trinajstić information content (AvgIpc) is 3.34. The number of aliphatic hydroxyl groups excluding tert-OH is 1. The average molecular weight is 320 g/mol. The summed E-state index contributed by atoms with van der Waals surface area (Å²) in [5.41, 5.74) is 0.628. The third-order valence-corrected chi connectivity index (χ3v) is 4.92. The number of piperidine rings is 1. The van der Waals surface area contributed by atoms with Crippen molar-refractivity contribution in [3.63, 3.8) is 0 Å². The molecule has 0 spiro atoms. The van der Waals surface area contributed by atoms with Crippen LogP contribution in [0.25, 0.3) is 0 Å². The highest BCUT2D eigenvalue weighted by molar-refractivity contribution is 5.83. The van der Waals surface area contributed by atoms with Crippen molar-refractivity contribution in [3.05, 3.63) is 35.6 Å². The van der Waals surface area contributed by atoms with E-state index < -0.39 is 6.04 Å². The molecule has 126 valence electrons. The predicted octanol–water partition coefficient (Wildman–Crippen LogP) is 2.24. The van der Waals surface area contributed by atoms with Gasteiger partial charge in [0.25, 0.3) is 0 Å². The van der Waals surface area contributed by atoms with Crippen LogP contribution in [-0.4, -0.2) is 41.7 Å². The summed E-state index contributed by atoms with van der Waals surface area (Å²) in [6.07, 6.45) is 3.98. The zero-order chi connectivity index (χ0) is 16.4. The van der Waals surface area contributed by atoms with Crippen molar-refractivity contribution < 1.29 is 14.3 Å². The van der Waals surface area contributed by atoms with Gasteiger partial charge >= 0.3 is 0 Å². The topological polar surface area (TPSA) is 52.6 Å². The largest absolute Gasteiger partial charge is 0.396 e. The summed E-state index contributed by atoms with van der Waals surface area (Å²) >= 11 is 0. The van der Waals surface area contributed by atoms with E-state index in [4.69, 9.17) is 0 Å². The first-order chi connectivity index (χ1) is 11.0. The van der Waals surface area contributed by atoms with Gasteiger partial charge in [0.1, 0.15) is 11.9 Å². The summed E-state index contributed by atoms with van der Waals surface area (Å²) in [4.78, 5) is 14.9. The molecule has 1 saturated heterocycles. The number of nitrogens with one attached hydrogen (secondary N) is 1. The lowest BCUT2D eigenvalue weighted by molar-refractivity contribution is -0.128. The second kappa shape index (κ2) is 6.57. The van der Waals surface area contributed by atoms with Crippen LogP contribution in [0.2, 0.25) is 0 Å². The molecule has 4 nitrogen and oxygen atoms in total. The van der Waals surface area contributed by atoms with Gasteiger partial charge in [-0.25, -0.2) is 4.39 Å². The molecular weight excluding hydrogens is 295 g/mol. The third kappa shape index (κ3) is 3.90. The summed E-state index contributed by atoms with van der Waals surface area (Å²) in [6, 6.07) is 6.07. The molecule has 1 saturated carbocycles. The molecule has 1 aromatic rings. The lowest BCUT2D eigenvalue weighted by atomic mass is 9.81. The molecule has 1 aliphatic carbocycles. The van der Waals surface area contributed by atoms with Gasteiger partial charge in [-0.3, -0.25) is 9.69 Å². The number of nitrogens with zero attached hydrogens (tertiary/aromatic N) is 1. The van der Waals surface area contributed by atoms with E-state index in [1.165, 1.54) is 12.1 Å². The van der Waals surface area contributed by atoms with E-state index in [9.17, 15) is 14.3 Å². The number of rotatable bonds is 5. The van der Waals surface area contributed by atoms with Crippen LogP contribution in [0, 0.1) is 11.2 Å². The van der Waals surface area contributed by atoms with Gasteiger partial charge in [0, 0.05) is 24.6 Å². The highest BCUT2D eigenvalue weighted by atomic mass is 19.1. The van der Waals surface area contributed by atoms with E-state index in [-0.39, 0.29) is 23.7 Å². The molecule has 23 heavy (non-hydrogen) atoms. The Balaban J connectivity index is 1.84. The SMILES string of the molecule is CC1(CO)CCCN(C(C(=O)NC2CC2)c2ccc(F)cc2)C1. The number of hydrogen-bond acceptors (Lipinski definition) is 3. The van der Waals surface area contributed by atoms with Crippen LogP contribution < -0.4 is 5.32 Å². The van der Waals surface area contributed by atoms with Crippen molar-refractivity contribution in [3.8, 4) is 0 Å². The maximum absolute atomic E-state index is 13.2. The first kappa shape index (κ1) is 16.4. The fourth-order valence-electron chi connectivity index (χ4n) is 3.39. The zero-order valence-corrected chi connectivity index (χ0v) is 13.6. The molecular formula is C18H25FN2O2. The van der Waals surface area contributed by atoms with Crippen molar-refractivity contribution in [2.45, 2.75) is 44.7 Å². The summed E-state index contributed by atoms with van der Waals surface area (Å²) in [5, 5.41) is 12.7. The lowest BCUT2D eigenvalue weighted by Gasteiger charge is -2.42. The number of amides is 1. The van der Waals surface area contributed by atoms with Crippen LogP contribution >= 0.6 is 0 Å². The molecule has 2 aliphatic rings. The van der Waals surface area contributed by atoms with Gasteiger partial charge in [-0.05, 0) is 49.9 Å². The van der Waals surface area contributed by atoms with Gasteiger partial charge in [-0.15, -0.1) is 0 Å². The van der Waals surface area contributed by atoms with Gasteiger partial charge in [-0.1, -0.05) is 19.1 Å². The second-order valence-corrected chi connectivity index (χ2v) is 7.28. The van der Waals surface area contributed by atoms with Gasteiger partial charge in [0.2, 0.25) is 5.91 Å². The first-order valence-corrected chi connectivity index (χ1v) is 8.41. The number of benzene rings is 1. The number of carbonyl (C=O) groups excluding carboxylic acids is 1. The number of aliphatic hydroxyl groups is 1. The van der Waals surface area contributed by atoms with Crippen molar-refractivity contribution in [1.29, 1.82) is 0 Å². The van der Waals surface area contributed by atoms with Crippen LogP contribution in [0.5, 0.6) is 0 Å². The standard InChI is InChI=1S/C18H25FN2O2/c1-18(12-22)9-2-10-21(11-18)16(17(23)20-15-7-8-15)13-3-5-14(19)6-4-13/h3-6,15-16,22H,2,7-12H2,1H3,(H,20,23). The molecule has 5 heteroatoms. The normalized spacial score (nSPS) is 26.7. The highest BCUT2D eigenvalue weighted by Gasteiger charge is 2.38. The van der Waals surface area contributed by atoms with E-state index in [2.05, 4.69) is 17.1 Å². The molecule has 1 amide bonds. The minimum Gasteiger partial charge on any atom is -0.396 e. The fraction of sp³-hybridized carbons (Fsp3) is 0.611. The molecule has 1 aromatic carbocycles. The van der Waals surface area contributed by atoms with Gasteiger partial charge < -0.3 is 10.4 Å². The predicted molar refractivity (Wildman–Crippen MR) is 86.3 cm³/mol. The summed E-state index contributed by atoms with van der Waals surface area (Å²) in [7, 11) is 0. The molecule has 0 aromatic heterocycles. The number of likely N-dealkylation sites (tertiary alicyclic amines) is 1.